The number of oxime groups is 1. The van der Waals surface area contributed by atoms with E-state index in [1.165, 1.54) is 16.7 Å². The summed E-state index contributed by atoms with van der Waals surface area (Å²) >= 11 is 0. The van der Waals surface area contributed by atoms with E-state index in [4.69, 9.17) is 4.84 Å². The van der Waals surface area contributed by atoms with Crippen molar-refractivity contribution < 1.29 is 9.63 Å². The number of hydrogen-bond donors (Lipinski definition) is 0. The van der Waals surface area contributed by atoms with E-state index >= 15 is 0 Å². The zero-order valence-corrected chi connectivity index (χ0v) is 13.1. The highest BCUT2D eigenvalue weighted by molar-refractivity contribution is 6.09. The first kappa shape index (κ1) is 14.5. The van der Waals surface area contributed by atoms with E-state index in [2.05, 4.69) is 38.1 Å². The Bertz CT molecular complexity index is 724. The van der Waals surface area contributed by atoms with E-state index in [-0.39, 0.29) is 5.78 Å². The zero-order chi connectivity index (χ0) is 15.7. The van der Waals surface area contributed by atoms with E-state index in [1.54, 1.807) is 0 Å². The van der Waals surface area contributed by atoms with Crippen LogP contribution in [-0.2, 0) is 4.84 Å². The van der Waals surface area contributed by atoms with Crippen LogP contribution in [-0.4, -0.2) is 17.6 Å². The van der Waals surface area contributed by atoms with Gasteiger partial charge in [0.1, 0.15) is 0 Å². The van der Waals surface area contributed by atoms with Crippen LogP contribution < -0.4 is 0 Å². The summed E-state index contributed by atoms with van der Waals surface area (Å²) in [6.07, 6.45) is 0.0101. The molecule has 0 bridgehead atoms. The summed E-state index contributed by atoms with van der Waals surface area (Å²) in [6.45, 7) is 6.23. The SMILES string of the molecule is Cc1cc(C)c(C2=NOC(C(=O)c3ccccc3)C2)c(C)c1. The molecule has 0 spiro atoms. The van der Waals surface area contributed by atoms with Crippen molar-refractivity contribution in [1.29, 1.82) is 0 Å². The van der Waals surface area contributed by atoms with Gasteiger partial charge in [-0.15, -0.1) is 0 Å². The van der Waals surface area contributed by atoms with E-state index < -0.39 is 6.10 Å². The molecule has 1 heterocycles. The van der Waals surface area contributed by atoms with Crippen LogP contribution in [0, 0.1) is 20.8 Å². The third-order valence-electron chi connectivity index (χ3n) is 3.99. The highest BCUT2D eigenvalue weighted by atomic mass is 16.6. The standard InChI is InChI=1S/C19H19NO2/c1-12-9-13(2)18(14(3)10-12)16-11-17(22-20-16)19(21)15-7-5-4-6-8-15/h4-10,17H,11H2,1-3H3. The quantitative estimate of drug-likeness (QED) is 0.803. The lowest BCUT2D eigenvalue weighted by Gasteiger charge is -2.10. The minimum Gasteiger partial charge on any atom is -0.383 e. The number of aryl methyl sites for hydroxylation is 3. The Hall–Kier alpha value is -2.42. The van der Waals surface area contributed by atoms with E-state index in [9.17, 15) is 4.79 Å². The molecule has 2 aromatic carbocycles. The van der Waals surface area contributed by atoms with Crippen molar-refractivity contribution >= 4 is 11.5 Å². The van der Waals surface area contributed by atoms with Gasteiger partial charge < -0.3 is 4.84 Å². The van der Waals surface area contributed by atoms with Crippen molar-refractivity contribution in [2.24, 2.45) is 5.16 Å². The van der Waals surface area contributed by atoms with Crippen LogP contribution in [0.2, 0.25) is 0 Å². The largest absolute Gasteiger partial charge is 0.383 e. The second-order valence-corrected chi connectivity index (χ2v) is 5.84. The predicted octanol–water partition coefficient (Wildman–Crippen LogP) is 3.99. The van der Waals surface area contributed by atoms with E-state index in [0.29, 0.717) is 12.0 Å². The van der Waals surface area contributed by atoms with Crippen molar-refractivity contribution in [3.63, 3.8) is 0 Å². The Labute approximate surface area is 130 Å². The number of Topliss-reactive ketones (excluding diaryl/α,β-unsaturated/α-hetero) is 1. The number of carbonyl (C=O) groups excluding carboxylic acids is 1. The topological polar surface area (TPSA) is 38.7 Å². The van der Waals surface area contributed by atoms with Gasteiger partial charge in [-0.2, -0.15) is 0 Å². The fourth-order valence-corrected chi connectivity index (χ4v) is 3.09. The van der Waals surface area contributed by atoms with Crippen molar-refractivity contribution in [2.45, 2.75) is 33.3 Å². The molecule has 0 amide bonds. The molecule has 3 heteroatoms. The van der Waals surface area contributed by atoms with Crippen molar-refractivity contribution in [3.05, 3.63) is 70.3 Å². The van der Waals surface area contributed by atoms with Crippen molar-refractivity contribution in [1.82, 2.24) is 0 Å². The van der Waals surface area contributed by atoms with Crippen LogP contribution in [0.1, 0.15) is 39.0 Å². The second kappa shape index (κ2) is 5.76. The molecule has 112 valence electrons. The molecule has 0 fully saturated rings. The summed E-state index contributed by atoms with van der Waals surface area (Å²) < 4.78 is 0. The summed E-state index contributed by atoms with van der Waals surface area (Å²) in [6, 6.07) is 13.5. The maximum Gasteiger partial charge on any atom is 0.206 e. The van der Waals surface area contributed by atoms with Crippen LogP contribution in [0.25, 0.3) is 0 Å². The molecule has 0 aromatic heterocycles. The fourth-order valence-electron chi connectivity index (χ4n) is 3.09. The molecule has 1 aliphatic heterocycles. The molecular weight excluding hydrogens is 274 g/mol. The molecule has 1 atom stereocenters. The number of carbonyl (C=O) groups is 1. The highest BCUT2D eigenvalue weighted by Gasteiger charge is 2.30. The van der Waals surface area contributed by atoms with E-state index in [1.807, 2.05) is 30.3 Å². The predicted molar refractivity (Wildman–Crippen MR) is 87.5 cm³/mol. The van der Waals surface area contributed by atoms with Crippen molar-refractivity contribution in [2.75, 3.05) is 0 Å². The van der Waals surface area contributed by atoms with Crippen molar-refractivity contribution in [3.8, 4) is 0 Å². The van der Waals surface area contributed by atoms with Gasteiger partial charge in [-0.25, -0.2) is 0 Å². The molecule has 22 heavy (non-hydrogen) atoms. The summed E-state index contributed by atoms with van der Waals surface area (Å²) in [4.78, 5) is 17.9. The molecule has 3 nitrogen and oxygen atoms in total. The van der Waals surface area contributed by atoms with Gasteiger partial charge in [0, 0.05) is 17.5 Å². The Morgan fingerprint density at radius 3 is 2.36 bits per heavy atom. The average molecular weight is 293 g/mol. The Morgan fingerprint density at radius 1 is 1.09 bits per heavy atom. The monoisotopic (exact) mass is 293 g/mol. The van der Waals surface area contributed by atoms with Gasteiger partial charge in [0.05, 0.1) is 5.71 Å². The van der Waals surface area contributed by atoms with Gasteiger partial charge in [0.25, 0.3) is 0 Å². The molecule has 0 saturated heterocycles. The smallest absolute Gasteiger partial charge is 0.206 e. The summed E-state index contributed by atoms with van der Waals surface area (Å²) in [7, 11) is 0. The average Bonchev–Trinajstić information content (AvgIpc) is 2.96. The van der Waals surface area contributed by atoms with Crippen LogP contribution >= 0.6 is 0 Å². The van der Waals surface area contributed by atoms with Crippen LogP contribution in [0.3, 0.4) is 0 Å². The van der Waals surface area contributed by atoms with Gasteiger partial charge in [0.15, 0.2) is 6.10 Å². The number of ketones is 1. The first-order valence-electron chi connectivity index (χ1n) is 7.46. The summed E-state index contributed by atoms with van der Waals surface area (Å²) in [5.74, 6) is -0.0123. The molecule has 1 unspecified atom stereocenters. The maximum atomic E-state index is 12.4. The first-order valence-corrected chi connectivity index (χ1v) is 7.46. The zero-order valence-electron chi connectivity index (χ0n) is 13.1. The van der Waals surface area contributed by atoms with Crippen LogP contribution in [0.4, 0.5) is 0 Å². The number of rotatable bonds is 3. The fraction of sp³-hybridized carbons (Fsp3) is 0.263. The lowest BCUT2D eigenvalue weighted by molar-refractivity contribution is 0.0556. The van der Waals surface area contributed by atoms with Crippen LogP contribution in [0.5, 0.6) is 0 Å². The molecule has 0 N–H and O–H groups in total. The highest BCUT2D eigenvalue weighted by Crippen LogP contribution is 2.25. The van der Waals surface area contributed by atoms with Gasteiger partial charge in [0.2, 0.25) is 5.78 Å². The van der Waals surface area contributed by atoms with Crippen LogP contribution in [0.15, 0.2) is 47.6 Å². The molecular formula is C19H19NO2. The normalized spacial score (nSPS) is 17.0. The second-order valence-electron chi connectivity index (χ2n) is 5.84. The summed E-state index contributed by atoms with van der Waals surface area (Å²) in [5.41, 5.74) is 6.22. The molecule has 2 aromatic rings. The molecule has 1 aliphatic rings. The molecule has 0 aliphatic carbocycles. The van der Waals surface area contributed by atoms with Gasteiger partial charge in [-0.3, -0.25) is 4.79 Å². The van der Waals surface area contributed by atoms with Gasteiger partial charge >= 0.3 is 0 Å². The first-order chi connectivity index (χ1) is 10.6. The van der Waals surface area contributed by atoms with Gasteiger partial charge in [-0.05, 0) is 31.9 Å². The van der Waals surface area contributed by atoms with Gasteiger partial charge in [-0.1, -0.05) is 53.2 Å². The maximum absolute atomic E-state index is 12.4. The Morgan fingerprint density at radius 2 is 1.73 bits per heavy atom. The van der Waals surface area contributed by atoms with E-state index in [0.717, 1.165) is 11.3 Å². The lowest BCUT2D eigenvalue weighted by atomic mass is 9.92. The minimum absolute atomic E-state index is 0.0123. The molecule has 3 rings (SSSR count). The number of benzene rings is 2. The lowest BCUT2D eigenvalue weighted by Crippen LogP contribution is -2.21. The third-order valence-corrected chi connectivity index (χ3v) is 3.99. The molecule has 0 radical (unpaired) electrons. The Balaban J connectivity index is 1.82. The third kappa shape index (κ3) is 2.67. The number of nitrogens with zero attached hydrogens (tertiary/aromatic N) is 1. The number of hydrogen-bond acceptors (Lipinski definition) is 3. The summed E-state index contributed by atoms with van der Waals surface area (Å²) in [5, 5.41) is 4.18. The Kier molecular flexibility index (Phi) is 3.80. The minimum atomic E-state index is -0.516. The molecule has 0 saturated carbocycles.